The smallest absolute Gasteiger partial charge is 0.203 e. The van der Waals surface area contributed by atoms with E-state index in [4.69, 9.17) is 4.74 Å². The van der Waals surface area contributed by atoms with Gasteiger partial charge < -0.3 is 14.6 Å². The molecule has 0 saturated carbocycles. The maximum absolute atomic E-state index is 5.03. The molecular formula is C10H14N4OS. The minimum atomic E-state index is 0.683. The number of thiazole rings is 1. The lowest BCUT2D eigenvalue weighted by molar-refractivity contribution is 0.187. The Labute approximate surface area is 98.1 Å². The molecule has 0 spiro atoms. The Bertz CT molecular complexity index is 412. The van der Waals surface area contributed by atoms with Crippen LogP contribution in [0, 0.1) is 0 Å². The quantitative estimate of drug-likeness (QED) is 0.830. The standard InChI is InChI=1S/C10H14N4OS/c1-15-6-5-14-4-2-12-10(14)13-8-9-11-3-7-16-9/h2-4,7H,5-6,8H2,1H3,(H,12,13). The number of nitrogens with zero attached hydrogens (tertiary/aromatic N) is 3. The van der Waals surface area contributed by atoms with Crippen LogP contribution in [0.25, 0.3) is 0 Å². The average Bonchev–Trinajstić information content (AvgIpc) is 2.94. The minimum Gasteiger partial charge on any atom is -0.383 e. The molecule has 2 rings (SSSR count). The second-order valence-electron chi connectivity index (χ2n) is 3.22. The molecule has 0 fully saturated rings. The summed E-state index contributed by atoms with van der Waals surface area (Å²) < 4.78 is 7.06. The van der Waals surface area contributed by atoms with Gasteiger partial charge in [-0.05, 0) is 0 Å². The number of hydrogen-bond acceptors (Lipinski definition) is 5. The highest BCUT2D eigenvalue weighted by Gasteiger charge is 2.02. The van der Waals surface area contributed by atoms with Crippen molar-refractivity contribution in [2.45, 2.75) is 13.1 Å². The van der Waals surface area contributed by atoms with Gasteiger partial charge in [-0.2, -0.15) is 0 Å². The monoisotopic (exact) mass is 238 g/mol. The molecule has 2 aromatic rings. The van der Waals surface area contributed by atoms with E-state index in [1.807, 2.05) is 16.1 Å². The second-order valence-corrected chi connectivity index (χ2v) is 4.20. The number of hydrogen-bond donors (Lipinski definition) is 1. The summed E-state index contributed by atoms with van der Waals surface area (Å²) in [6, 6.07) is 0. The summed E-state index contributed by atoms with van der Waals surface area (Å²) in [5.41, 5.74) is 0. The van der Waals surface area contributed by atoms with Gasteiger partial charge in [0.2, 0.25) is 5.95 Å². The molecule has 1 N–H and O–H groups in total. The number of ether oxygens (including phenoxy) is 1. The second kappa shape index (κ2) is 5.62. The van der Waals surface area contributed by atoms with Crippen LogP contribution < -0.4 is 5.32 Å². The van der Waals surface area contributed by atoms with Crippen LogP contribution in [0.3, 0.4) is 0 Å². The molecule has 0 aliphatic carbocycles. The largest absolute Gasteiger partial charge is 0.383 e. The molecule has 6 heteroatoms. The van der Waals surface area contributed by atoms with E-state index in [0.717, 1.165) is 17.5 Å². The molecule has 5 nitrogen and oxygen atoms in total. The lowest BCUT2D eigenvalue weighted by Crippen LogP contribution is -2.09. The average molecular weight is 238 g/mol. The summed E-state index contributed by atoms with van der Waals surface area (Å²) in [5, 5.41) is 6.27. The van der Waals surface area contributed by atoms with Gasteiger partial charge in [-0.3, -0.25) is 0 Å². The summed E-state index contributed by atoms with van der Waals surface area (Å²) in [4.78, 5) is 8.44. The van der Waals surface area contributed by atoms with Crippen LogP contribution in [0.5, 0.6) is 0 Å². The molecule has 0 saturated heterocycles. The van der Waals surface area contributed by atoms with E-state index >= 15 is 0 Å². The Balaban J connectivity index is 1.91. The van der Waals surface area contributed by atoms with E-state index < -0.39 is 0 Å². The summed E-state index contributed by atoms with van der Waals surface area (Å²) >= 11 is 1.63. The van der Waals surface area contributed by atoms with Gasteiger partial charge in [-0.1, -0.05) is 0 Å². The highest BCUT2D eigenvalue weighted by molar-refractivity contribution is 7.09. The Hall–Kier alpha value is -1.40. The van der Waals surface area contributed by atoms with E-state index in [-0.39, 0.29) is 0 Å². The first-order chi connectivity index (χ1) is 7.90. The fourth-order valence-electron chi connectivity index (χ4n) is 1.34. The summed E-state index contributed by atoms with van der Waals surface area (Å²) in [5.74, 6) is 0.854. The number of methoxy groups -OCH3 is 1. The van der Waals surface area contributed by atoms with E-state index in [9.17, 15) is 0 Å². The van der Waals surface area contributed by atoms with Crippen molar-refractivity contribution in [3.8, 4) is 0 Å². The first-order valence-corrected chi connectivity index (χ1v) is 5.90. The molecule has 86 valence electrons. The van der Waals surface area contributed by atoms with Crippen molar-refractivity contribution in [3.63, 3.8) is 0 Å². The minimum absolute atomic E-state index is 0.683. The van der Waals surface area contributed by atoms with Gasteiger partial charge in [0.05, 0.1) is 13.2 Å². The van der Waals surface area contributed by atoms with Gasteiger partial charge in [-0.15, -0.1) is 11.3 Å². The van der Waals surface area contributed by atoms with E-state index in [0.29, 0.717) is 13.2 Å². The third-order valence-corrected chi connectivity index (χ3v) is 2.91. The van der Waals surface area contributed by atoms with Crippen molar-refractivity contribution in [2.24, 2.45) is 0 Å². The Morgan fingerprint density at radius 3 is 3.12 bits per heavy atom. The van der Waals surface area contributed by atoms with Crippen molar-refractivity contribution >= 4 is 17.3 Å². The van der Waals surface area contributed by atoms with Crippen molar-refractivity contribution in [1.82, 2.24) is 14.5 Å². The molecule has 0 aliphatic rings. The predicted octanol–water partition coefficient (Wildman–Crippen LogP) is 1.60. The molecular weight excluding hydrogens is 224 g/mol. The molecule has 0 radical (unpaired) electrons. The van der Waals surface area contributed by atoms with Crippen LogP contribution in [0.15, 0.2) is 24.0 Å². The van der Waals surface area contributed by atoms with Crippen LogP contribution in [0.2, 0.25) is 0 Å². The van der Waals surface area contributed by atoms with Gasteiger partial charge in [-0.25, -0.2) is 9.97 Å². The first kappa shape index (κ1) is 11.1. The van der Waals surface area contributed by atoms with Gasteiger partial charge >= 0.3 is 0 Å². The molecule has 16 heavy (non-hydrogen) atoms. The molecule has 0 bridgehead atoms. The highest BCUT2D eigenvalue weighted by atomic mass is 32.1. The van der Waals surface area contributed by atoms with Crippen molar-refractivity contribution in [3.05, 3.63) is 29.0 Å². The van der Waals surface area contributed by atoms with E-state index in [2.05, 4.69) is 15.3 Å². The molecule has 0 aromatic carbocycles. The van der Waals surface area contributed by atoms with Crippen LogP contribution >= 0.6 is 11.3 Å². The Morgan fingerprint density at radius 2 is 2.38 bits per heavy atom. The van der Waals surface area contributed by atoms with Crippen molar-refractivity contribution < 1.29 is 4.74 Å². The summed E-state index contributed by atoms with van der Waals surface area (Å²) in [7, 11) is 1.69. The van der Waals surface area contributed by atoms with Crippen molar-refractivity contribution in [2.75, 3.05) is 19.0 Å². The fourth-order valence-corrected chi connectivity index (χ4v) is 1.90. The lowest BCUT2D eigenvalue weighted by atomic mass is 10.6. The normalized spacial score (nSPS) is 10.6. The number of imidazole rings is 1. The Morgan fingerprint density at radius 1 is 1.44 bits per heavy atom. The van der Waals surface area contributed by atoms with E-state index in [1.54, 1.807) is 30.8 Å². The Kier molecular flexibility index (Phi) is 3.90. The van der Waals surface area contributed by atoms with Gasteiger partial charge in [0.15, 0.2) is 0 Å². The van der Waals surface area contributed by atoms with Crippen LogP contribution in [0.1, 0.15) is 5.01 Å². The maximum atomic E-state index is 5.03. The van der Waals surface area contributed by atoms with Crippen LogP contribution in [0.4, 0.5) is 5.95 Å². The number of anilines is 1. The third kappa shape index (κ3) is 2.80. The van der Waals surface area contributed by atoms with Gasteiger partial charge in [0, 0.05) is 37.6 Å². The van der Waals surface area contributed by atoms with Crippen LogP contribution in [-0.4, -0.2) is 28.3 Å². The molecule has 2 heterocycles. The zero-order valence-corrected chi connectivity index (χ0v) is 9.91. The number of aromatic nitrogens is 3. The molecule has 0 amide bonds. The van der Waals surface area contributed by atoms with E-state index in [1.165, 1.54) is 0 Å². The van der Waals surface area contributed by atoms with Crippen LogP contribution in [-0.2, 0) is 17.8 Å². The summed E-state index contributed by atoms with van der Waals surface area (Å²) in [6.07, 6.45) is 5.52. The molecule has 0 atom stereocenters. The molecule has 2 aromatic heterocycles. The van der Waals surface area contributed by atoms with Crippen molar-refractivity contribution in [1.29, 1.82) is 0 Å². The molecule has 0 unspecified atom stereocenters. The third-order valence-electron chi connectivity index (χ3n) is 2.13. The maximum Gasteiger partial charge on any atom is 0.203 e. The number of nitrogens with one attached hydrogen (secondary N) is 1. The topological polar surface area (TPSA) is 52.0 Å². The number of rotatable bonds is 6. The molecule has 0 aliphatic heterocycles. The first-order valence-electron chi connectivity index (χ1n) is 5.02. The lowest BCUT2D eigenvalue weighted by Gasteiger charge is -2.07. The zero-order chi connectivity index (χ0) is 11.2. The zero-order valence-electron chi connectivity index (χ0n) is 9.09. The highest BCUT2D eigenvalue weighted by Crippen LogP contribution is 2.09. The van der Waals surface area contributed by atoms with Gasteiger partial charge in [0.1, 0.15) is 5.01 Å². The van der Waals surface area contributed by atoms with Gasteiger partial charge in [0.25, 0.3) is 0 Å². The predicted molar refractivity (Wildman–Crippen MR) is 63.5 cm³/mol. The summed E-state index contributed by atoms with van der Waals surface area (Å²) in [6.45, 7) is 2.20. The SMILES string of the molecule is COCCn1ccnc1NCc1nccs1. The fraction of sp³-hybridized carbons (Fsp3) is 0.400.